The molecule has 0 unspecified atom stereocenters. The van der Waals surface area contributed by atoms with Crippen LogP contribution in [-0.2, 0) is 11.4 Å². The fourth-order valence-corrected chi connectivity index (χ4v) is 2.55. The summed E-state index contributed by atoms with van der Waals surface area (Å²) in [5, 5.41) is 7.76. The predicted molar refractivity (Wildman–Crippen MR) is 80.5 cm³/mol. The normalized spacial score (nSPS) is 11.4. The monoisotopic (exact) mass is 340 g/mol. The predicted octanol–water partition coefficient (Wildman–Crippen LogP) is 3.36. The number of hydrogen-bond donors (Lipinski definition) is 1. The van der Waals surface area contributed by atoms with Gasteiger partial charge in [0.15, 0.2) is 5.84 Å². The van der Waals surface area contributed by atoms with Gasteiger partial charge in [-0.05, 0) is 29.6 Å². The molecule has 0 saturated carbocycles. The van der Waals surface area contributed by atoms with Crippen LogP contribution in [0.5, 0.6) is 5.75 Å². The zero-order chi connectivity index (χ0) is 13.7. The lowest BCUT2D eigenvalue weighted by atomic mass is 10.2. The van der Waals surface area contributed by atoms with Crippen LogP contribution in [0.25, 0.3) is 0 Å². The summed E-state index contributed by atoms with van der Waals surface area (Å²) < 4.78 is 6.21. The molecule has 0 fully saturated rings. The second-order valence-electron chi connectivity index (χ2n) is 3.72. The van der Waals surface area contributed by atoms with Crippen molar-refractivity contribution in [2.45, 2.75) is 6.61 Å². The van der Waals surface area contributed by atoms with Gasteiger partial charge in [-0.3, -0.25) is 0 Å². The lowest BCUT2D eigenvalue weighted by Gasteiger charge is -2.08. The maximum atomic E-state index is 5.80. The van der Waals surface area contributed by atoms with Crippen molar-refractivity contribution >= 4 is 33.1 Å². The molecule has 0 atom stereocenters. The number of methoxy groups -OCH3 is 1. The standard InChI is InChI=1S/C13H13BrN2O2S/c1-17-12-3-2-11(14)6-10(12)7-18-16-13(15)9-4-5-19-8-9/h2-6,8H,7H2,1H3,(H2,15,16). The SMILES string of the molecule is COc1ccc(Br)cc1CO/N=C(/N)c1ccsc1. The molecule has 0 amide bonds. The average Bonchev–Trinajstić information content (AvgIpc) is 2.93. The second-order valence-corrected chi connectivity index (χ2v) is 5.41. The Hall–Kier alpha value is -1.53. The maximum absolute atomic E-state index is 5.80. The minimum absolute atomic E-state index is 0.299. The van der Waals surface area contributed by atoms with E-state index in [0.717, 1.165) is 21.3 Å². The number of nitrogens with two attached hydrogens (primary N) is 1. The Morgan fingerprint density at radius 2 is 2.26 bits per heavy atom. The van der Waals surface area contributed by atoms with E-state index in [9.17, 15) is 0 Å². The minimum Gasteiger partial charge on any atom is -0.496 e. The molecule has 0 saturated heterocycles. The lowest BCUT2D eigenvalue weighted by molar-refractivity contribution is 0.128. The number of nitrogens with zero attached hydrogens (tertiary/aromatic N) is 1. The molecule has 0 radical (unpaired) electrons. The van der Waals surface area contributed by atoms with Gasteiger partial charge in [0.25, 0.3) is 0 Å². The topological polar surface area (TPSA) is 56.8 Å². The highest BCUT2D eigenvalue weighted by Crippen LogP contribution is 2.23. The van der Waals surface area contributed by atoms with Gasteiger partial charge in [0, 0.05) is 21.0 Å². The van der Waals surface area contributed by atoms with Crippen LogP contribution in [0.3, 0.4) is 0 Å². The van der Waals surface area contributed by atoms with E-state index >= 15 is 0 Å². The van der Waals surface area contributed by atoms with Crippen molar-refractivity contribution in [2.24, 2.45) is 10.9 Å². The number of hydrogen-bond acceptors (Lipinski definition) is 4. The summed E-state index contributed by atoms with van der Waals surface area (Å²) in [4.78, 5) is 5.27. The molecule has 2 aromatic rings. The van der Waals surface area contributed by atoms with Crippen LogP contribution >= 0.6 is 27.3 Å². The molecule has 0 bridgehead atoms. The van der Waals surface area contributed by atoms with Crippen LogP contribution < -0.4 is 10.5 Å². The zero-order valence-corrected chi connectivity index (χ0v) is 12.7. The third kappa shape index (κ3) is 3.71. The summed E-state index contributed by atoms with van der Waals surface area (Å²) in [5.41, 5.74) is 7.56. The van der Waals surface area contributed by atoms with Crippen molar-refractivity contribution in [3.8, 4) is 5.75 Å². The summed E-state index contributed by atoms with van der Waals surface area (Å²) in [5.74, 6) is 1.13. The molecular weight excluding hydrogens is 328 g/mol. The fourth-order valence-electron chi connectivity index (χ4n) is 1.49. The van der Waals surface area contributed by atoms with Crippen molar-refractivity contribution < 1.29 is 9.57 Å². The van der Waals surface area contributed by atoms with Gasteiger partial charge in [-0.25, -0.2) is 0 Å². The highest BCUT2D eigenvalue weighted by Gasteiger charge is 2.05. The van der Waals surface area contributed by atoms with E-state index in [4.69, 9.17) is 15.3 Å². The number of benzene rings is 1. The molecule has 0 spiro atoms. The van der Waals surface area contributed by atoms with Crippen LogP contribution in [0.15, 0.2) is 44.7 Å². The highest BCUT2D eigenvalue weighted by atomic mass is 79.9. The molecule has 100 valence electrons. The molecule has 0 aliphatic heterocycles. The number of amidine groups is 1. The Morgan fingerprint density at radius 3 is 2.95 bits per heavy atom. The lowest BCUT2D eigenvalue weighted by Crippen LogP contribution is -2.12. The summed E-state index contributed by atoms with van der Waals surface area (Å²) in [6.07, 6.45) is 0. The summed E-state index contributed by atoms with van der Waals surface area (Å²) in [7, 11) is 1.62. The molecule has 19 heavy (non-hydrogen) atoms. The third-order valence-corrected chi connectivity index (χ3v) is 3.62. The van der Waals surface area contributed by atoms with Gasteiger partial charge in [-0.2, -0.15) is 11.3 Å². The number of rotatable bonds is 5. The smallest absolute Gasteiger partial charge is 0.171 e. The van der Waals surface area contributed by atoms with Crippen molar-refractivity contribution in [1.82, 2.24) is 0 Å². The molecule has 1 heterocycles. The van der Waals surface area contributed by atoms with Gasteiger partial charge in [0.2, 0.25) is 0 Å². The van der Waals surface area contributed by atoms with E-state index in [2.05, 4.69) is 21.1 Å². The van der Waals surface area contributed by atoms with E-state index in [0.29, 0.717) is 12.4 Å². The van der Waals surface area contributed by atoms with Crippen molar-refractivity contribution in [3.05, 3.63) is 50.6 Å². The minimum atomic E-state index is 0.299. The van der Waals surface area contributed by atoms with E-state index in [1.54, 1.807) is 18.4 Å². The first-order chi connectivity index (χ1) is 9.20. The number of thiophene rings is 1. The van der Waals surface area contributed by atoms with Crippen LogP contribution in [0.2, 0.25) is 0 Å². The van der Waals surface area contributed by atoms with Crippen LogP contribution in [0.4, 0.5) is 0 Å². The maximum Gasteiger partial charge on any atom is 0.171 e. The van der Waals surface area contributed by atoms with Gasteiger partial charge < -0.3 is 15.3 Å². The molecule has 0 aliphatic rings. The van der Waals surface area contributed by atoms with E-state index < -0.39 is 0 Å². The molecule has 2 N–H and O–H groups in total. The molecule has 1 aromatic carbocycles. The van der Waals surface area contributed by atoms with Crippen molar-refractivity contribution in [3.63, 3.8) is 0 Å². The second kappa shape index (κ2) is 6.58. The first-order valence-electron chi connectivity index (χ1n) is 5.51. The quantitative estimate of drug-likeness (QED) is 0.515. The van der Waals surface area contributed by atoms with Crippen LogP contribution in [0, 0.1) is 0 Å². The van der Waals surface area contributed by atoms with Crippen molar-refractivity contribution in [1.29, 1.82) is 0 Å². The Bertz CT molecular complexity index is 570. The molecule has 0 aliphatic carbocycles. The van der Waals surface area contributed by atoms with Gasteiger partial charge in [0.05, 0.1) is 7.11 Å². The number of ether oxygens (including phenoxy) is 1. The molecule has 1 aromatic heterocycles. The molecular formula is C13H13BrN2O2S. The summed E-state index contributed by atoms with van der Waals surface area (Å²) in [6.45, 7) is 0.299. The Labute approximate surface area is 124 Å². The number of halogens is 1. The van der Waals surface area contributed by atoms with Gasteiger partial charge >= 0.3 is 0 Å². The van der Waals surface area contributed by atoms with Gasteiger partial charge in [0.1, 0.15) is 12.4 Å². The van der Waals surface area contributed by atoms with Gasteiger partial charge in [-0.1, -0.05) is 21.1 Å². The van der Waals surface area contributed by atoms with E-state index in [1.807, 2.05) is 35.0 Å². The summed E-state index contributed by atoms with van der Waals surface area (Å²) in [6, 6.07) is 7.60. The molecule has 2 rings (SSSR count). The fraction of sp³-hybridized carbons (Fsp3) is 0.154. The van der Waals surface area contributed by atoms with E-state index in [-0.39, 0.29) is 0 Å². The van der Waals surface area contributed by atoms with E-state index in [1.165, 1.54) is 0 Å². The number of oxime groups is 1. The first kappa shape index (κ1) is 13.9. The molecule has 6 heteroatoms. The molecule has 4 nitrogen and oxygen atoms in total. The summed E-state index contributed by atoms with van der Waals surface area (Å²) >= 11 is 4.97. The first-order valence-corrected chi connectivity index (χ1v) is 7.24. The van der Waals surface area contributed by atoms with Crippen molar-refractivity contribution in [2.75, 3.05) is 7.11 Å². The average molecular weight is 341 g/mol. The zero-order valence-electron chi connectivity index (χ0n) is 10.3. The van der Waals surface area contributed by atoms with Crippen LogP contribution in [0.1, 0.15) is 11.1 Å². The Kier molecular flexibility index (Phi) is 4.81. The van der Waals surface area contributed by atoms with Crippen LogP contribution in [-0.4, -0.2) is 12.9 Å². The Morgan fingerprint density at radius 1 is 1.42 bits per heavy atom. The third-order valence-electron chi connectivity index (χ3n) is 2.44. The Balaban J connectivity index is 2.03. The van der Waals surface area contributed by atoms with Gasteiger partial charge in [-0.15, -0.1) is 0 Å². The highest BCUT2D eigenvalue weighted by molar-refractivity contribution is 9.10. The largest absolute Gasteiger partial charge is 0.496 e.